The van der Waals surface area contributed by atoms with Crippen LogP contribution in [0, 0.1) is 0 Å². The summed E-state index contributed by atoms with van der Waals surface area (Å²) in [5.41, 5.74) is 6.21. The predicted octanol–water partition coefficient (Wildman–Crippen LogP) is -0.189. The maximum Gasteiger partial charge on any atom is 0.352 e. The zero-order valence-corrected chi connectivity index (χ0v) is 19.8. The number of nitrogens with two attached hydrogens (primary N) is 1. The molecule has 4 rings (SSSR count). The van der Waals surface area contributed by atoms with E-state index in [0.717, 1.165) is 11.3 Å². The zero-order valence-electron chi connectivity index (χ0n) is 18.1. The number of aromatic nitrogens is 2. The standard InChI is InChI=1S/C20H20N6O6S2/c1-31-11-4-3-5-25(7-11)6-10-8-33-18-14(17(28)26(18)15(10)19(29)30)23-16(27)13(24-32-2)12-9-34-20(21)22-12/h3-5,7,9,14,18H,6,8H2,1-2H3,(H3-,21,22,23,27,29,30)/p+1/b24-13-/t14-,18-/m1/s1. The zero-order chi connectivity index (χ0) is 24.4. The third-order valence-electron chi connectivity index (χ3n) is 5.14. The summed E-state index contributed by atoms with van der Waals surface area (Å²) in [6.45, 7) is 0.273. The molecule has 0 radical (unpaired) electrons. The van der Waals surface area contributed by atoms with E-state index in [0.29, 0.717) is 17.1 Å². The molecule has 2 aromatic heterocycles. The van der Waals surface area contributed by atoms with Crippen LogP contribution >= 0.6 is 23.1 Å². The number of carboxylic acid groups (broad SMARTS) is 1. The number of ether oxygens (including phenoxy) is 1. The van der Waals surface area contributed by atoms with Crippen LogP contribution in [0.3, 0.4) is 0 Å². The highest BCUT2D eigenvalue weighted by Crippen LogP contribution is 2.40. The third-order valence-corrected chi connectivity index (χ3v) is 7.15. The molecule has 34 heavy (non-hydrogen) atoms. The van der Waals surface area contributed by atoms with Gasteiger partial charge >= 0.3 is 5.97 Å². The first-order valence-corrected chi connectivity index (χ1v) is 11.8. The van der Waals surface area contributed by atoms with Gasteiger partial charge in [0.15, 0.2) is 29.3 Å². The fourth-order valence-electron chi connectivity index (χ4n) is 3.64. The Morgan fingerprint density at radius 2 is 2.24 bits per heavy atom. The Balaban J connectivity index is 1.53. The van der Waals surface area contributed by atoms with Gasteiger partial charge < -0.3 is 25.7 Å². The van der Waals surface area contributed by atoms with Gasteiger partial charge in [0.05, 0.1) is 7.11 Å². The average Bonchev–Trinajstić information content (AvgIpc) is 3.26. The first kappa shape index (κ1) is 23.5. The van der Waals surface area contributed by atoms with Crippen LogP contribution in [0.25, 0.3) is 0 Å². The number of anilines is 1. The number of carbonyl (C=O) groups is 3. The number of β-lactam (4-membered cyclic amide) rings is 1. The normalized spacial score (nSPS) is 19.9. The minimum Gasteiger partial charge on any atom is -0.491 e. The molecule has 2 atom stereocenters. The lowest BCUT2D eigenvalue weighted by atomic mass is 10.0. The minimum atomic E-state index is -1.21. The number of pyridine rings is 1. The number of rotatable bonds is 8. The minimum absolute atomic E-state index is 0.0763. The van der Waals surface area contributed by atoms with Crippen LogP contribution in [0.2, 0.25) is 0 Å². The van der Waals surface area contributed by atoms with Crippen LogP contribution in [0.15, 0.2) is 46.3 Å². The van der Waals surface area contributed by atoms with E-state index in [1.807, 2.05) is 0 Å². The quantitative estimate of drug-likeness (QED) is 0.191. The summed E-state index contributed by atoms with van der Waals surface area (Å²) in [7, 11) is 2.82. The van der Waals surface area contributed by atoms with Gasteiger partial charge in [0.1, 0.15) is 29.9 Å². The van der Waals surface area contributed by atoms with Crippen molar-refractivity contribution in [1.82, 2.24) is 15.2 Å². The number of thiazole rings is 1. The molecule has 2 aliphatic heterocycles. The van der Waals surface area contributed by atoms with Crippen molar-refractivity contribution < 1.29 is 33.6 Å². The van der Waals surface area contributed by atoms with Crippen molar-refractivity contribution in [3.63, 3.8) is 0 Å². The number of carboxylic acids is 1. The summed E-state index contributed by atoms with van der Waals surface area (Å²) >= 11 is 2.50. The molecule has 2 amide bonds. The van der Waals surface area contributed by atoms with E-state index in [-0.39, 0.29) is 28.8 Å². The highest BCUT2D eigenvalue weighted by molar-refractivity contribution is 8.00. The second kappa shape index (κ2) is 9.69. The molecule has 0 aliphatic carbocycles. The first-order chi connectivity index (χ1) is 16.3. The molecule has 1 fully saturated rings. The molecule has 0 saturated carbocycles. The Kier molecular flexibility index (Phi) is 6.70. The molecule has 0 spiro atoms. The van der Waals surface area contributed by atoms with E-state index in [1.54, 1.807) is 41.6 Å². The van der Waals surface area contributed by atoms with Gasteiger partial charge in [0.25, 0.3) is 11.8 Å². The third kappa shape index (κ3) is 4.41. The average molecular weight is 506 g/mol. The van der Waals surface area contributed by atoms with Crippen molar-refractivity contribution >= 4 is 51.7 Å². The topological polar surface area (TPSA) is 160 Å². The van der Waals surface area contributed by atoms with Crippen molar-refractivity contribution in [1.29, 1.82) is 0 Å². The number of carbonyl (C=O) groups excluding carboxylic acids is 2. The monoisotopic (exact) mass is 505 g/mol. The fourth-order valence-corrected chi connectivity index (χ4v) is 5.53. The molecule has 2 aliphatic rings. The molecule has 4 N–H and O–H groups in total. The van der Waals surface area contributed by atoms with Crippen LogP contribution in [0.1, 0.15) is 5.69 Å². The largest absolute Gasteiger partial charge is 0.491 e. The van der Waals surface area contributed by atoms with Crippen molar-refractivity contribution in [2.75, 3.05) is 25.7 Å². The number of nitrogens with one attached hydrogen (secondary N) is 1. The summed E-state index contributed by atoms with van der Waals surface area (Å²) < 4.78 is 7.00. The Labute approximate surface area is 202 Å². The van der Waals surface area contributed by atoms with E-state index >= 15 is 0 Å². The summed E-state index contributed by atoms with van der Waals surface area (Å²) in [5, 5.41) is 17.4. The number of hydrogen-bond acceptors (Lipinski definition) is 10. The van der Waals surface area contributed by atoms with Crippen molar-refractivity contribution in [2.45, 2.75) is 18.0 Å². The number of nitrogens with zero attached hydrogens (tertiary/aromatic N) is 4. The highest BCUT2D eigenvalue weighted by Gasteiger charge is 2.54. The number of hydrogen-bond donors (Lipinski definition) is 3. The molecule has 14 heteroatoms. The van der Waals surface area contributed by atoms with Crippen LogP contribution in [-0.2, 0) is 25.8 Å². The van der Waals surface area contributed by atoms with Gasteiger partial charge in [-0.15, -0.1) is 23.1 Å². The van der Waals surface area contributed by atoms with Crippen LogP contribution in [-0.4, -0.2) is 69.9 Å². The molecule has 178 valence electrons. The fraction of sp³-hybridized carbons (Fsp3) is 0.300. The Bertz CT molecular complexity index is 1210. The van der Waals surface area contributed by atoms with E-state index < -0.39 is 29.2 Å². The molecule has 0 bridgehead atoms. The van der Waals surface area contributed by atoms with Crippen molar-refractivity contribution in [3.8, 4) is 5.75 Å². The smallest absolute Gasteiger partial charge is 0.352 e. The summed E-state index contributed by atoms with van der Waals surface area (Å²) in [6.07, 6.45) is 3.53. The summed E-state index contributed by atoms with van der Waals surface area (Å²) in [5.74, 6) is -1.41. The van der Waals surface area contributed by atoms with Gasteiger partial charge in [0, 0.05) is 22.8 Å². The van der Waals surface area contributed by atoms with E-state index in [4.69, 9.17) is 15.3 Å². The lowest BCUT2D eigenvalue weighted by Gasteiger charge is -2.49. The van der Waals surface area contributed by atoms with Gasteiger partial charge in [-0.05, 0) is 6.07 Å². The number of aliphatic carboxylic acids is 1. The molecule has 0 unspecified atom stereocenters. The van der Waals surface area contributed by atoms with Gasteiger partial charge in [-0.2, -0.15) is 4.57 Å². The Hall–Kier alpha value is -3.65. The van der Waals surface area contributed by atoms with Crippen molar-refractivity contribution in [2.24, 2.45) is 5.16 Å². The number of thioether (sulfide) groups is 1. The van der Waals surface area contributed by atoms with Gasteiger partial charge in [-0.3, -0.25) is 14.5 Å². The first-order valence-electron chi connectivity index (χ1n) is 9.90. The molecule has 0 aromatic carbocycles. The SMILES string of the molecule is CO/N=C(\C(=O)N[C@@H]1C(=O)N2C(C(=O)O)=C(C[n+]3cccc(OC)c3)CS[C@H]12)c1csc(N)n1. The summed E-state index contributed by atoms with van der Waals surface area (Å²) in [6, 6.07) is 2.65. The molecule has 2 aromatic rings. The van der Waals surface area contributed by atoms with E-state index in [1.165, 1.54) is 23.8 Å². The van der Waals surface area contributed by atoms with Gasteiger partial charge in [-0.1, -0.05) is 5.16 Å². The number of methoxy groups -OCH3 is 1. The van der Waals surface area contributed by atoms with Crippen LogP contribution < -0.4 is 20.4 Å². The second-order valence-corrected chi connectivity index (χ2v) is 9.22. The number of oxime groups is 1. The molecule has 4 heterocycles. The van der Waals surface area contributed by atoms with Crippen LogP contribution in [0.4, 0.5) is 5.13 Å². The molecular weight excluding hydrogens is 484 g/mol. The lowest BCUT2D eigenvalue weighted by molar-refractivity contribution is -0.689. The number of fused-ring (bicyclic) bond motifs is 1. The maximum atomic E-state index is 12.9. The molecular formula is C20H21N6O6S2+. The van der Waals surface area contributed by atoms with E-state index in [2.05, 4.69) is 15.5 Å². The highest BCUT2D eigenvalue weighted by atomic mass is 32.2. The second-order valence-electron chi connectivity index (χ2n) is 7.23. The Morgan fingerprint density at radius 3 is 2.88 bits per heavy atom. The van der Waals surface area contributed by atoms with E-state index in [9.17, 15) is 19.5 Å². The van der Waals surface area contributed by atoms with Gasteiger partial charge in [0.2, 0.25) is 6.20 Å². The Morgan fingerprint density at radius 1 is 1.44 bits per heavy atom. The number of amides is 2. The van der Waals surface area contributed by atoms with Gasteiger partial charge in [-0.25, -0.2) is 9.78 Å². The molecule has 12 nitrogen and oxygen atoms in total. The lowest BCUT2D eigenvalue weighted by Crippen LogP contribution is -2.71. The molecule has 1 saturated heterocycles. The predicted molar refractivity (Wildman–Crippen MR) is 123 cm³/mol. The van der Waals surface area contributed by atoms with Crippen LogP contribution in [0.5, 0.6) is 5.75 Å². The summed E-state index contributed by atoms with van der Waals surface area (Å²) in [4.78, 5) is 47.8. The maximum absolute atomic E-state index is 12.9. The van der Waals surface area contributed by atoms with Crippen molar-refractivity contribution in [3.05, 3.63) is 46.9 Å². The number of nitrogen functional groups attached to an aromatic ring is 1.